The number of nitrogens with zero attached hydrogens (tertiary/aromatic N) is 4. The number of hydrogen-bond donors (Lipinski definition) is 0. The highest BCUT2D eigenvalue weighted by atomic mass is 32.2. The van der Waals surface area contributed by atoms with Crippen LogP contribution in [-0.4, -0.2) is 72.1 Å². The molecular weight excluding hydrogens is 448 g/mol. The lowest BCUT2D eigenvalue weighted by Crippen LogP contribution is -2.47. The summed E-state index contributed by atoms with van der Waals surface area (Å²) in [5.41, 5.74) is 4.39. The molecule has 1 saturated heterocycles. The van der Waals surface area contributed by atoms with Crippen molar-refractivity contribution in [1.29, 1.82) is 0 Å². The van der Waals surface area contributed by atoms with Crippen LogP contribution in [0.25, 0.3) is 0 Å². The van der Waals surface area contributed by atoms with Gasteiger partial charge in [0.15, 0.2) is 5.17 Å². The van der Waals surface area contributed by atoms with Crippen molar-refractivity contribution in [3.05, 3.63) is 57.8 Å². The Kier molecular flexibility index (Phi) is 7.48. The van der Waals surface area contributed by atoms with Gasteiger partial charge in [0.2, 0.25) is 5.91 Å². The van der Waals surface area contributed by atoms with Crippen molar-refractivity contribution in [2.45, 2.75) is 45.6 Å². The minimum absolute atomic E-state index is 0.111. The maximum atomic E-state index is 13.2. The van der Waals surface area contributed by atoms with Gasteiger partial charge in [0.25, 0.3) is 0 Å². The van der Waals surface area contributed by atoms with E-state index >= 15 is 0 Å². The Balaban J connectivity index is 1.69. The van der Waals surface area contributed by atoms with E-state index in [0.717, 1.165) is 48.3 Å². The van der Waals surface area contributed by atoms with Crippen LogP contribution in [0.4, 0.5) is 0 Å². The zero-order chi connectivity index (χ0) is 24.4. The molecule has 0 N–H and O–H groups in total. The van der Waals surface area contributed by atoms with Gasteiger partial charge in [-0.05, 0) is 35.9 Å². The number of thioether (sulfide) groups is 1. The number of rotatable bonds is 6. The number of carbonyl (C=O) groups excluding carboxylic acids is 2. The summed E-state index contributed by atoms with van der Waals surface area (Å²) in [5.74, 6) is 0.151. The molecule has 0 spiro atoms. The molecular formula is C26H34N4O3S. The molecule has 3 aliphatic heterocycles. The molecule has 0 aliphatic carbocycles. The number of amidine groups is 1. The van der Waals surface area contributed by atoms with Crippen molar-refractivity contribution >= 4 is 28.8 Å². The van der Waals surface area contributed by atoms with Gasteiger partial charge in [-0.25, -0.2) is 9.79 Å². The van der Waals surface area contributed by atoms with Crippen molar-refractivity contribution in [1.82, 2.24) is 14.7 Å². The molecule has 1 unspecified atom stereocenters. The minimum atomic E-state index is -0.377. The van der Waals surface area contributed by atoms with Gasteiger partial charge < -0.3 is 19.4 Å². The number of fused-ring (bicyclic) bond motifs is 1. The Morgan fingerprint density at radius 3 is 2.41 bits per heavy atom. The highest BCUT2D eigenvalue weighted by Crippen LogP contribution is 2.45. The van der Waals surface area contributed by atoms with E-state index in [4.69, 9.17) is 9.73 Å². The van der Waals surface area contributed by atoms with Crippen molar-refractivity contribution < 1.29 is 14.3 Å². The number of hydrogen-bond acceptors (Lipinski definition) is 7. The average Bonchev–Trinajstić information content (AvgIpc) is 3.24. The first-order valence-electron chi connectivity index (χ1n) is 11.9. The number of benzene rings is 1. The fourth-order valence-electron chi connectivity index (χ4n) is 4.61. The van der Waals surface area contributed by atoms with E-state index in [9.17, 15) is 9.59 Å². The Bertz CT molecular complexity index is 1040. The number of ether oxygens (including phenoxy) is 1. The monoisotopic (exact) mass is 482 g/mol. The molecule has 3 aliphatic rings. The lowest BCUT2D eigenvalue weighted by molar-refractivity contribution is -0.136. The molecule has 3 heterocycles. The van der Waals surface area contributed by atoms with E-state index in [0.29, 0.717) is 17.9 Å². The summed E-state index contributed by atoms with van der Waals surface area (Å²) >= 11 is 1.52. The number of amides is 1. The molecule has 1 atom stereocenters. The second-order valence-corrected chi connectivity index (χ2v) is 10.1. The van der Waals surface area contributed by atoms with Gasteiger partial charge in [-0.15, -0.1) is 0 Å². The number of aliphatic imine (C=N–C) groups is 1. The van der Waals surface area contributed by atoms with E-state index in [-0.39, 0.29) is 24.3 Å². The van der Waals surface area contributed by atoms with Crippen LogP contribution in [0.3, 0.4) is 0 Å². The van der Waals surface area contributed by atoms with Crippen LogP contribution in [0.2, 0.25) is 0 Å². The molecule has 182 valence electrons. The van der Waals surface area contributed by atoms with Crippen molar-refractivity contribution in [2.24, 2.45) is 4.99 Å². The van der Waals surface area contributed by atoms with E-state index in [1.165, 1.54) is 24.4 Å². The summed E-state index contributed by atoms with van der Waals surface area (Å²) in [6.07, 6.45) is 0.907. The van der Waals surface area contributed by atoms with Crippen molar-refractivity contribution in [2.75, 3.05) is 40.3 Å². The third kappa shape index (κ3) is 4.79. The molecule has 1 aromatic rings. The molecule has 7 nitrogen and oxygen atoms in total. The van der Waals surface area contributed by atoms with Gasteiger partial charge in [-0.3, -0.25) is 4.79 Å². The quantitative estimate of drug-likeness (QED) is 0.569. The van der Waals surface area contributed by atoms with E-state index in [1.54, 1.807) is 0 Å². The molecule has 1 fully saturated rings. The van der Waals surface area contributed by atoms with E-state index in [2.05, 4.69) is 55.0 Å². The largest absolute Gasteiger partial charge is 0.466 e. The normalized spacial score (nSPS) is 20.9. The molecule has 0 radical (unpaired) electrons. The number of piperazine rings is 1. The van der Waals surface area contributed by atoms with Gasteiger partial charge in [-0.1, -0.05) is 56.8 Å². The first kappa shape index (κ1) is 24.5. The lowest BCUT2D eigenvalue weighted by atomic mass is 9.91. The number of carbonyl (C=O) groups is 2. The van der Waals surface area contributed by atoms with Crippen molar-refractivity contribution in [3.8, 4) is 0 Å². The van der Waals surface area contributed by atoms with Crippen LogP contribution >= 0.6 is 11.8 Å². The zero-order valence-electron chi connectivity index (χ0n) is 20.7. The Hall–Kier alpha value is -2.58. The third-order valence-electron chi connectivity index (χ3n) is 6.74. The maximum absolute atomic E-state index is 13.2. The zero-order valence-corrected chi connectivity index (χ0v) is 21.5. The molecule has 4 rings (SSSR count). The summed E-state index contributed by atoms with van der Waals surface area (Å²) in [6.45, 7) is 9.58. The second-order valence-electron chi connectivity index (χ2n) is 9.28. The fraction of sp³-hybridized carbons (Fsp3) is 0.500. The summed E-state index contributed by atoms with van der Waals surface area (Å²) < 4.78 is 5.21. The van der Waals surface area contributed by atoms with Crippen LogP contribution < -0.4 is 0 Å². The topological polar surface area (TPSA) is 65.5 Å². The highest BCUT2D eigenvalue weighted by molar-refractivity contribution is 8.16. The van der Waals surface area contributed by atoms with Gasteiger partial charge in [0.1, 0.15) is 0 Å². The van der Waals surface area contributed by atoms with Crippen LogP contribution in [0.15, 0.2) is 51.6 Å². The molecule has 0 bridgehead atoms. The fourth-order valence-corrected chi connectivity index (χ4v) is 5.55. The predicted octanol–water partition coefficient (Wildman–Crippen LogP) is 4.11. The highest BCUT2D eigenvalue weighted by Gasteiger charge is 2.41. The van der Waals surface area contributed by atoms with Gasteiger partial charge in [0, 0.05) is 31.9 Å². The standard InChI is InChI=1S/C26H34N4O3S/c1-6-21-23(25(32)33-5)24(19-9-7-18(8-10-19)17(2)3)30-20(16-34-26(30)27-21)15-22(31)29-13-11-28(4)12-14-29/h7-10,16-17,24H,6,11-15H2,1-5H3. The van der Waals surface area contributed by atoms with Crippen LogP contribution in [-0.2, 0) is 14.3 Å². The summed E-state index contributed by atoms with van der Waals surface area (Å²) in [7, 11) is 3.49. The van der Waals surface area contributed by atoms with Crippen LogP contribution in [0.5, 0.6) is 0 Å². The lowest BCUT2D eigenvalue weighted by Gasteiger charge is -2.37. The van der Waals surface area contributed by atoms with E-state index in [1.807, 2.05) is 17.2 Å². The molecule has 0 saturated carbocycles. The molecule has 1 amide bonds. The average molecular weight is 483 g/mol. The summed E-state index contributed by atoms with van der Waals surface area (Å²) in [4.78, 5) is 37.2. The van der Waals surface area contributed by atoms with Gasteiger partial charge in [-0.2, -0.15) is 0 Å². The van der Waals surface area contributed by atoms with Gasteiger partial charge in [0.05, 0.1) is 30.8 Å². The number of esters is 1. The number of methoxy groups -OCH3 is 1. The third-order valence-corrected chi connectivity index (χ3v) is 7.63. The molecule has 34 heavy (non-hydrogen) atoms. The summed E-state index contributed by atoms with van der Waals surface area (Å²) in [5, 5.41) is 2.82. The maximum Gasteiger partial charge on any atom is 0.338 e. The van der Waals surface area contributed by atoms with Crippen LogP contribution in [0, 0.1) is 0 Å². The van der Waals surface area contributed by atoms with Crippen LogP contribution in [0.1, 0.15) is 56.7 Å². The molecule has 8 heteroatoms. The molecule has 0 aromatic heterocycles. The number of allylic oxidation sites excluding steroid dienone is 1. The molecule has 1 aromatic carbocycles. The smallest absolute Gasteiger partial charge is 0.338 e. The van der Waals surface area contributed by atoms with Gasteiger partial charge >= 0.3 is 5.97 Å². The second kappa shape index (κ2) is 10.4. The Morgan fingerprint density at radius 1 is 1.15 bits per heavy atom. The predicted molar refractivity (Wildman–Crippen MR) is 136 cm³/mol. The van der Waals surface area contributed by atoms with Crippen molar-refractivity contribution in [3.63, 3.8) is 0 Å². The Morgan fingerprint density at radius 2 is 1.82 bits per heavy atom. The number of likely N-dealkylation sites (N-methyl/N-ethyl adjacent to an activating group) is 1. The first-order chi connectivity index (χ1) is 16.3. The SMILES string of the molecule is CCC1=C(C(=O)OC)C(c2ccc(C(C)C)cc2)N2C(CC(=O)N3CCN(C)CC3)=CSC2=N1. The first-order valence-corrected chi connectivity index (χ1v) is 12.8. The summed E-state index contributed by atoms with van der Waals surface area (Å²) in [6, 6.07) is 8.03. The minimum Gasteiger partial charge on any atom is -0.466 e. The van der Waals surface area contributed by atoms with E-state index < -0.39 is 0 Å². The Labute approximate surface area is 206 Å².